The summed E-state index contributed by atoms with van der Waals surface area (Å²) in [6.07, 6.45) is 1.83. The summed E-state index contributed by atoms with van der Waals surface area (Å²) in [5, 5.41) is 9.32. The maximum absolute atomic E-state index is 11.2. The maximum atomic E-state index is 11.2. The molecule has 4 nitrogen and oxygen atoms in total. The molecule has 0 spiro atoms. The monoisotopic (exact) mass is 182 g/mol. The van der Waals surface area contributed by atoms with Crippen molar-refractivity contribution in [3.05, 3.63) is 28.4 Å². The molecule has 1 N–H and O–H groups in total. The molecule has 0 saturated carbocycles. The van der Waals surface area contributed by atoms with Gasteiger partial charge in [-0.05, 0) is 19.4 Å². The first-order valence-corrected chi connectivity index (χ1v) is 4.35. The van der Waals surface area contributed by atoms with E-state index in [1.54, 1.807) is 19.2 Å². The smallest absolute Gasteiger partial charge is 0.347 e. The quantitative estimate of drug-likeness (QED) is 0.732. The standard InChI is InChI=1S/C9H14N2O2/c1-3-8(12)6-11-5-4-7(2)10-9(11)13/h4-5,8,12H,3,6H2,1-2H3/t8-/m1/s1. The van der Waals surface area contributed by atoms with E-state index in [-0.39, 0.29) is 5.69 Å². The van der Waals surface area contributed by atoms with Crippen LogP contribution >= 0.6 is 0 Å². The lowest BCUT2D eigenvalue weighted by molar-refractivity contribution is 0.148. The van der Waals surface area contributed by atoms with E-state index in [0.717, 1.165) is 0 Å². The second kappa shape index (κ2) is 4.18. The van der Waals surface area contributed by atoms with Crippen LogP contribution in [0.4, 0.5) is 0 Å². The Bertz CT molecular complexity index is 333. The molecular formula is C9H14N2O2. The van der Waals surface area contributed by atoms with Crippen LogP contribution in [0.2, 0.25) is 0 Å². The average molecular weight is 182 g/mol. The van der Waals surface area contributed by atoms with Crippen molar-refractivity contribution in [3.8, 4) is 0 Å². The predicted molar refractivity (Wildman–Crippen MR) is 49.5 cm³/mol. The minimum atomic E-state index is -0.470. The zero-order valence-corrected chi connectivity index (χ0v) is 7.90. The van der Waals surface area contributed by atoms with Crippen LogP contribution < -0.4 is 5.69 Å². The number of aryl methyl sites for hydroxylation is 1. The summed E-state index contributed by atoms with van der Waals surface area (Å²) in [7, 11) is 0. The molecule has 72 valence electrons. The Balaban J connectivity index is 2.84. The molecule has 0 aliphatic carbocycles. The first-order chi connectivity index (χ1) is 6.13. The minimum Gasteiger partial charge on any atom is -0.391 e. The molecule has 1 rings (SSSR count). The molecule has 0 fully saturated rings. The summed E-state index contributed by atoms with van der Waals surface area (Å²) in [6.45, 7) is 3.96. The SMILES string of the molecule is CC[C@@H](O)Cn1ccc(C)nc1=O. The van der Waals surface area contributed by atoms with Gasteiger partial charge in [-0.25, -0.2) is 4.79 Å². The van der Waals surface area contributed by atoms with E-state index >= 15 is 0 Å². The Hall–Kier alpha value is -1.16. The largest absolute Gasteiger partial charge is 0.391 e. The zero-order valence-electron chi connectivity index (χ0n) is 7.90. The third-order valence-electron chi connectivity index (χ3n) is 1.89. The lowest BCUT2D eigenvalue weighted by atomic mass is 10.3. The van der Waals surface area contributed by atoms with Crippen molar-refractivity contribution in [2.24, 2.45) is 0 Å². The summed E-state index contributed by atoms with van der Waals surface area (Å²) in [5.74, 6) is 0. The summed E-state index contributed by atoms with van der Waals surface area (Å²) >= 11 is 0. The second-order valence-electron chi connectivity index (χ2n) is 3.07. The molecule has 0 bridgehead atoms. The Labute approximate surface area is 76.9 Å². The summed E-state index contributed by atoms with van der Waals surface area (Å²) in [5.41, 5.74) is 0.403. The third kappa shape index (κ3) is 2.66. The van der Waals surface area contributed by atoms with Crippen LogP contribution in [0.5, 0.6) is 0 Å². The highest BCUT2D eigenvalue weighted by Gasteiger charge is 2.03. The van der Waals surface area contributed by atoms with Crippen LogP contribution in [-0.4, -0.2) is 20.8 Å². The zero-order chi connectivity index (χ0) is 9.84. The van der Waals surface area contributed by atoms with Crippen molar-refractivity contribution in [2.75, 3.05) is 0 Å². The van der Waals surface area contributed by atoms with Gasteiger partial charge in [-0.2, -0.15) is 4.98 Å². The maximum Gasteiger partial charge on any atom is 0.347 e. The molecular weight excluding hydrogens is 168 g/mol. The molecule has 0 aliphatic heterocycles. The van der Waals surface area contributed by atoms with Gasteiger partial charge in [0.2, 0.25) is 0 Å². The van der Waals surface area contributed by atoms with Crippen molar-refractivity contribution in [3.63, 3.8) is 0 Å². The lowest BCUT2D eigenvalue weighted by Crippen LogP contribution is -2.28. The highest BCUT2D eigenvalue weighted by molar-refractivity contribution is 4.95. The number of nitrogens with zero attached hydrogens (tertiary/aromatic N) is 2. The summed E-state index contributed by atoms with van der Waals surface area (Å²) in [6, 6.07) is 1.75. The van der Waals surface area contributed by atoms with Gasteiger partial charge in [-0.1, -0.05) is 6.92 Å². The van der Waals surface area contributed by atoms with Gasteiger partial charge in [0, 0.05) is 11.9 Å². The minimum absolute atomic E-state index is 0.299. The first-order valence-electron chi connectivity index (χ1n) is 4.35. The summed E-state index contributed by atoms with van der Waals surface area (Å²) < 4.78 is 1.42. The van der Waals surface area contributed by atoms with Gasteiger partial charge in [-0.15, -0.1) is 0 Å². The number of aromatic nitrogens is 2. The molecule has 0 aliphatic rings. The van der Waals surface area contributed by atoms with E-state index in [4.69, 9.17) is 0 Å². The lowest BCUT2D eigenvalue weighted by Gasteiger charge is -2.09. The normalized spacial score (nSPS) is 12.8. The molecule has 1 aromatic rings. The molecule has 0 saturated heterocycles. The fourth-order valence-electron chi connectivity index (χ4n) is 1.01. The van der Waals surface area contributed by atoms with E-state index < -0.39 is 6.10 Å². The Kier molecular flexibility index (Phi) is 3.19. The molecule has 1 aromatic heterocycles. The average Bonchev–Trinajstić information content (AvgIpc) is 2.09. The molecule has 1 heterocycles. The van der Waals surface area contributed by atoms with Crippen molar-refractivity contribution in [2.45, 2.75) is 32.9 Å². The van der Waals surface area contributed by atoms with Crippen LogP contribution in [0.15, 0.2) is 17.1 Å². The predicted octanol–water partition coefficient (Wildman–Crippen LogP) is 0.323. The molecule has 4 heteroatoms. The number of aliphatic hydroxyl groups is 1. The molecule has 0 aromatic carbocycles. The van der Waals surface area contributed by atoms with Crippen LogP contribution in [0.3, 0.4) is 0 Å². The van der Waals surface area contributed by atoms with Crippen LogP contribution in [0.25, 0.3) is 0 Å². The van der Waals surface area contributed by atoms with Gasteiger partial charge in [0.15, 0.2) is 0 Å². The summed E-state index contributed by atoms with van der Waals surface area (Å²) in [4.78, 5) is 15.0. The van der Waals surface area contributed by atoms with Crippen LogP contribution in [-0.2, 0) is 6.54 Å². The number of hydrogen-bond donors (Lipinski definition) is 1. The van der Waals surface area contributed by atoms with Gasteiger partial charge in [0.05, 0.1) is 12.6 Å². The van der Waals surface area contributed by atoms with Crippen molar-refractivity contribution in [1.29, 1.82) is 0 Å². The fourth-order valence-corrected chi connectivity index (χ4v) is 1.01. The van der Waals surface area contributed by atoms with E-state index in [1.807, 2.05) is 6.92 Å². The van der Waals surface area contributed by atoms with Crippen molar-refractivity contribution in [1.82, 2.24) is 9.55 Å². The van der Waals surface area contributed by atoms with Crippen molar-refractivity contribution < 1.29 is 5.11 Å². The van der Waals surface area contributed by atoms with Gasteiger partial charge in [-0.3, -0.25) is 4.57 Å². The van der Waals surface area contributed by atoms with E-state index in [0.29, 0.717) is 18.7 Å². The highest BCUT2D eigenvalue weighted by Crippen LogP contribution is 1.94. The Morgan fingerprint density at radius 1 is 1.69 bits per heavy atom. The first kappa shape index (κ1) is 9.92. The van der Waals surface area contributed by atoms with Crippen LogP contribution in [0, 0.1) is 6.92 Å². The molecule has 13 heavy (non-hydrogen) atoms. The van der Waals surface area contributed by atoms with E-state index in [1.165, 1.54) is 4.57 Å². The third-order valence-corrected chi connectivity index (χ3v) is 1.89. The second-order valence-corrected chi connectivity index (χ2v) is 3.07. The van der Waals surface area contributed by atoms with Gasteiger partial charge >= 0.3 is 5.69 Å². The van der Waals surface area contributed by atoms with Crippen LogP contribution in [0.1, 0.15) is 19.0 Å². The van der Waals surface area contributed by atoms with E-state index in [2.05, 4.69) is 4.98 Å². The van der Waals surface area contributed by atoms with E-state index in [9.17, 15) is 9.90 Å². The molecule has 0 unspecified atom stereocenters. The topological polar surface area (TPSA) is 55.1 Å². The highest BCUT2D eigenvalue weighted by atomic mass is 16.3. The van der Waals surface area contributed by atoms with Gasteiger partial charge in [0.1, 0.15) is 0 Å². The van der Waals surface area contributed by atoms with Gasteiger partial charge in [0.25, 0.3) is 0 Å². The molecule has 1 atom stereocenters. The Morgan fingerprint density at radius 3 is 2.92 bits per heavy atom. The number of aliphatic hydroxyl groups excluding tert-OH is 1. The Morgan fingerprint density at radius 2 is 2.38 bits per heavy atom. The van der Waals surface area contributed by atoms with Crippen molar-refractivity contribution >= 4 is 0 Å². The number of hydrogen-bond acceptors (Lipinski definition) is 3. The fraction of sp³-hybridized carbons (Fsp3) is 0.556. The number of rotatable bonds is 3. The van der Waals surface area contributed by atoms with Gasteiger partial charge < -0.3 is 5.11 Å². The molecule has 0 radical (unpaired) electrons. The molecule has 0 amide bonds.